The monoisotopic (exact) mass is 299 g/mol. The Morgan fingerprint density at radius 3 is 2.95 bits per heavy atom. The number of methoxy groups -OCH3 is 1. The Morgan fingerprint density at radius 2 is 2.25 bits per heavy atom. The number of nitrogens with zero attached hydrogens (tertiary/aromatic N) is 2. The quantitative estimate of drug-likeness (QED) is 0.796. The summed E-state index contributed by atoms with van der Waals surface area (Å²) in [6.07, 6.45) is 3.06. The highest BCUT2D eigenvalue weighted by molar-refractivity contribution is 7.99. The third-order valence-electron chi connectivity index (χ3n) is 3.64. The molecule has 1 aromatic heterocycles. The van der Waals surface area contributed by atoms with Crippen LogP contribution in [-0.4, -0.2) is 41.3 Å². The molecular weight excluding hydrogens is 274 g/mol. The predicted octanol–water partition coefficient (Wildman–Crippen LogP) is 2.76. The van der Waals surface area contributed by atoms with Crippen LogP contribution in [-0.2, 0) is 4.74 Å². The zero-order chi connectivity index (χ0) is 14.4. The van der Waals surface area contributed by atoms with Gasteiger partial charge < -0.3 is 14.6 Å². The van der Waals surface area contributed by atoms with Crippen molar-refractivity contribution in [3.8, 4) is 0 Å². The topological polar surface area (TPSA) is 60.2 Å². The second kappa shape index (κ2) is 8.00. The summed E-state index contributed by atoms with van der Waals surface area (Å²) in [6, 6.07) is 0.445. The fraction of sp³-hybridized carbons (Fsp3) is 0.857. The van der Waals surface area contributed by atoms with Gasteiger partial charge in [0.2, 0.25) is 11.7 Å². The van der Waals surface area contributed by atoms with Crippen LogP contribution in [0.2, 0.25) is 0 Å². The molecule has 0 radical (unpaired) electrons. The smallest absolute Gasteiger partial charge is 0.232 e. The molecule has 1 aliphatic rings. The lowest BCUT2D eigenvalue weighted by Gasteiger charge is -2.16. The molecule has 6 heteroatoms. The average molecular weight is 299 g/mol. The number of nitrogens with one attached hydrogen (secondary N) is 1. The van der Waals surface area contributed by atoms with Crippen molar-refractivity contribution in [1.82, 2.24) is 15.5 Å². The highest BCUT2D eigenvalue weighted by Crippen LogP contribution is 2.33. The lowest BCUT2D eigenvalue weighted by atomic mass is 10.0. The van der Waals surface area contributed by atoms with Gasteiger partial charge in [0, 0.05) is 24.7 Å². The molecule has 0 aliphatic carbocycles. The number of hydrogen-bond acceptors (Lipinski definition) is 6. The van der Waals surface area contributed by atoms with Gasteiger partial charge in [0.25, 0.3) is 0 Å². The molecule has 20 heavy (non-hydrogen) atoms. The summed E-state index contributed by atoms with van der Waals surface area (Å²) in [7, 11) is 1.70. The maximum atomic E-state index is 5.49. The molecule has 2 heterocycles. The van der Waals surface area contributed by atoms with E-state index in [0.29, 0.717) is 17.8 Å². The zero-order valence-corrected chi connectivity index (χ0v) is 13.4. The second-order valence-corrected chi connectivity index (χ2v) is 6.28. The summed E-state index contributed by atoms with van der Waals surface area (Å²) in [4.78, 5) is 4.58. The molecule has 1 saturated heterocycles. The van der Waals surface area contributed by atoms with Crippen molar-refractivity contribution in [2.24, 2.45) is 0 Å². The summed E-state index contributed by atoms with van der Waals surface area (Å²) in [5.74, 6) is 3.94. The van der Waals surface area contributed by atoms with E-state index in [1.807, 2.05) is 11.8 Å². The third-order valence-corrected chi connectivity index (χ3v) is 4.82. The Hall–Kier alpha value is -0.590. The van der Waals surface area contributed by atoms with Gasteiger partial charge in [-0.2, -0.15) is 16.7 Å². The van der Waals surface area contributed by atoms with Gasteiger partial charge in [0.1, 0.15) is 6.10 Å². The minimum absolute atomic E-state index is 0.0476. The van der Waals surface area contributed by atoms with Crippen molar-refractivity contribution < 1.29 is 9.26 Å². The van der Waals surface area contributed by atoms with Crippen LogP contribution < -0.4 is 5.32 Å². The van der Waals surface area contributed by atoms with Gasteiger partial charge in [-0.25, -0.2) is 0 Å². The molecule has 3 unspecified atom stereocenters. The molecule has 3 atom stereocenters. The highest BCUT2D eigenvalue weighted by Gasteiger charge is 2.33. The first-order chi connectivity index (χ1) is 9.80. The predicted molar refractivity (Wildman–Crippen MR) is 81.1 cm³/mol. The van der Waals surface area contributed by atoms with Crippen LogP contribution in [0.4, 0.5) is 0 Å². The average Bonchev–Trinajstić information content (AvgIpc) is 3.10. The fourth-order valence-electron chi connectivity index (χ4n) is 2.47. The van der Waals surface area contributed by atoms with Gasteiger partial charge in [-0.1, -0.05) is 25.4 Å². The van der Waals surface area contributed by atoms with Gasteiger partial charge in [0.15, 0.2) is 0 Å². The molecule has 1 N–H and O–H groups in total. The summed E-state index contributed by atoms with van der Waals surface area (Å²) in [5, 5.41) is 7.69. The van der Waals surface area contributed by atoms with Crippen molar-refractivity contribution in [1.29, 1.82) is 0 Å². The fourth-order valence-corrected chi connectivity index (χ4v) is 3.84. The van der Waals surface area contributed by atoms with Crippen molar-refractivity contribution in [3.63, 3.8) is 0 Å². The molecule has 5 nitrogen and oxygen atoms in total. The van der Waals surface area contributed by atoms with Crippen LogP contribution in [0.15, 0.2) is 4.52 Å². The summed E-state index contributed by atoms with van der Waals surface area (Å²) in [5.41, 5.74) is 0. The van der Waals surface area contributed by atoms with Crippen LogP contribution >= 0.6 is 11.8 Å². The Kier molecular flexibility index (Phi) is 6.32. The standard InChI is InChI=1S/C14H25N3O2S/c1-4-6-12(18-3)13-16-14(19-17-13)10-8-20-9-11(10)15-7-5-2/h10-12,15H,4-9H2,1-3H3. The van der Waals surface area contributed by atoms with Crippen LogP contribution in [0, 0.1) is 0 Å². The maximum Gasteiger partial charge on any atom is 0.232 e. The van der Waals surface area contributed by atoms with E-state index in [2.05, 4.69) is 29.3 Å². The SMILES string of the molecule is CCCNC1CSCC1c1nc(C(CCC)OC)no1. The minimum atomic E-state index is -0.0476. The Labute approximate surface area is 125 Å². The molecule has 1 fully saturated rings. The lowest BCUT2D eigenvalue weighted by molar-refractivity contribution is 0.0854. The van der Waals surface area contributed by atoms with Crippen LogP contribution in [0.1, 0.15) is 56.8 Å². The van der Waals surface area contributed by atoms with Gasteiger partial charge in [-0.15, -0.1) is 0 Å². The lowest BCUT2D eigenvalue weighted by Crippen LogP contribution is -2.34. The van der Waals surface area contributed by atoms with Crippen LogP contribution in [0.5, 0.6) is 0 Å². The minimum Gasteiger partial charge on any atom is -0.373 e. The highest BCUT2D eigenvalue weighted by atomic mass is 32.2. The molecule has 0 amide bonds. The summed E-state index contributed by atoms with van der Waals surface area (Å²) >= 11 is 1.95. The van der Waals surface area contributed by atoms with Crippen LogP contribution in [0.25, 0.3) is 0 Å². The Balaban J connectivity index is 2.03. The molecule has 0 bridgehead atoms. The van der Waals surface area contributed by atoms with E-state index in [1.165, 1.54) is 0 Å². The number of rotatable bonds is 8. The number of hydrogen-bond donors (Lipinski definition) is 1. The van der Waals surface area contributed by atoms with E-state index >= 15 is 0 Å². The van der Waals surface area contributed by atoms with Crippen molar-refractivity contribution in [3.05, 3.63) is 11.7 Å². The molecule has 2 rings (SSSR count). The van der Waals surface area contributed by atoms with E-state index < -0.39 is 0 Å². The molecule has 0 spiro atoms. The summed E-state index contributed by atoms with van der Waals surface area (Å²) in [6.45, 7) is 5.35. The number of thioether (sulfide) groups is 1. The molecule has 114 valence electrons. The Bertz CT molecular complexity index is 400. The molecule has 0 aromatic carbocycles. The van der Waals surface area contributed by atoms with E-state index in [-0.39, 0.29) is 6.10 Å². The van der Waals surface area contributed by atoms with E-state index in [4.69, 9.17) is 9.26 Å². The van der Waals surface area contributed by atoms with E-state index in [9.17, 15) is 0 Å². The third kappa shape index (κ3) is 3.74. The largest absolute Gasteiger partial charge is 0.373 e. The van der Waals surface area contributed by atoms with E-state index in [0.717, 1.165) is 43.2 Å². The molecular formula is C14H25N3O2S. The van der Waals surface area contributed by atoms with Gasteiger partial charge in [0.05, 0.1) is 5.92 Å². The first-order valence-corrected chi connectivity index (χ1v) is 8.63. The van der Waals surface area contributed by atoms with Crippen LogP contribution in [0.3, 0.4) is 0 Å². The number of aromatic nitrogens is 2. The molecule has 1 aromatic rings. The van der Waals surface area contributed by atoms with Crippen molar-refractivity contribution >= 4 is 11.8 Å². The molecule has 1 aliphatic heterocycles. The van der Waals surface area contributed by atoms with Gasteiger partial charge in [-0.3, -0.25) is 0 Å². The van der Waals surface area contributed by atoms with Crippen molar-refractivity contribution in [2.75, 3.05) is 25.2 Å². The van der Waals surface area contributed by atoms with Crippen molar-refractivity contribution in [2.45, 2.75) is 51.2 Å². The van der Waals surface area contributed by atoms with Gasteiger partial charge >= 0.3 is 0 Å². The first-order valence-electron chi connectivity index (χ1n) is 7.47. The maximum absolute atomic E-state index is 5.49. The summed E-state index contributed by atoms with van der Waals surface area (Å²) < 4.78 is 10.9. The first kappa shape index (κ1) is 15.8. The molecule has 0 saturated carbocycles. The normalized spacial score (nSPS) is 24.1. The van der Waals surface area contributed by atoms with E-state index in [1.54, 1.807) is 7.11 Å². The second-order valence-electron chi connectivity index (χ2n) is 5.21. The number of ether oxygens (including phenoxy) is 1. The Morgan fingerprint density at radius 1 is 1.40 bits per heavy atom. The zero-order valence-electron chi connectivity index (χ0n) is 12.6. The van der Waals surface area contributed by atoms with Gasteiger partial charge in [-0.05, 0) is 19.4 Å².